The van der Waals surface area contributed by atoms with Gasteiger partial charge < -0.3 is 14.2 Å². The molecule has 0 aliphatic heterocycles. The van der Waals surface area contributed by atoms with Crippen molar-refractivity contribution >= 4 is 12.1 Å². The molecule has 0 radical (unpaired) electrons. The lowest BCUT2D eigenvalue weighted by Crippen LogP contribution is -2.10. The zero-order valence-electron chi connectivity index (χ0n) is 13.8. The van der Waals surface area contributed by atoms with Crippen molar-refractivity contribution in [2.24, 2.45) is 0 Å². The van der Waals surface area contributed by atoms with Crippen molar-refractivity contribution in [3.63, 3.8) is 0 Å². The van der Waals surface area contributed by atoms with E-state index in [1.165, 1.54) is 37.3 Å². The minimum Gasteiger partial charge on any atom is -0.420 e. The van der Waals surface area contributed by atoms with E-state index in [2.05, 4.69) is 17.9 Å². The van der Waals surface area contributed by atoms with Crippen LogP contribution in [-0.2, 0) is 9.53 Å². The first-order valence-electron chi connectivity index (χ1n) is 7.29. The molecule has 2 aromatic rings. The van der Waals surface area contributed by atoms with Gasteiger partial charge in [-0.15, -0.1) is 0 Å². The molecule has 2 rings (SSSR count). The van der Waals surface area contributed by atoms with Crippen molar-refractivity contribution in [2.45, 2.75) is 6.92 Å². The first-order valence-corrected chi connectivity index (χ1v) is 7.29. The van der Waals surface area contributed by atoms with Crippen LogP contribution in [0.25, 0.3) is 11.1 Å². The quantitative estimate of drug-likeness (QED) is 0.253. The highest BCUT2D eigenvalue weighted by Gasteiger charge is 2.18. The second kappa shape index (κ2) is 8.06. The van der Waals surface area contributed by atoms with Crippen LogP contribution in [0.1, 0.15) is 6.92 Å². The fourth-order valence-electron chi connectivity index (χ4n) is 1.91. The van der Waals surface area contributed by atoms with Crippen LogP contribution in [0, 0.1) is 11.6 Å². The Hall–Kier alpha value is -3.48. The number of carbonyl (C=O) groups excluding carboxylic acids is 2. The van der Waals surface area contributed by atoms with Gasteiger partial charge in [0.25, 0.3) is 0 Å². The third-order valence-electron chi connectivity index (χ3n) is 3.14. The number of hydrogen-bond acceptors (Lipinski definition) is 5. The molecule has 7 heteroatoms. The van der Waals surface area contributed by atoms with Crippen molar-refractivity contribution in [1.29, 1.82) is 0 Å². The van der Waals surface area contributed by atoms with Gasteiger partial charge in [-0.3, -0.25) is 0 Å². The smallest absolute Gasteiger partial charge is 0.420 e. The molecule has 0 fully saturated rings. The fourth-order valence-corrected chi connectivity index (χ4v) is 1.91. The molecule has 26 heavy (non-hydrogen) atoms. The lowest BCUT2D eigenvalue weighted by atomic mass is 10.0. The normalized spacial score (nSPS) is 9.96. The average molecular weight is 360 g/mol. The number of carbonyl (C=O) groups is 2. The predicted molar refractivity (Wildman–Crippen MR) is 89.5 cm³/mol. The predicted octanol–water partition coefficient (Wildman–Crippen LogP) is 4.77. The highest BCUT2D eigenvalue weighted by Crippen LogP contribution is 2.31. The van der Waals surface area contributed by atoms with Gasteiger partial charge in [0, 0.05) is 11.1 Å². The summed E-state index contributed by atoms with van der Waals surface area (Å²) in [5.41, 5.74) is 0.320. The molecule has 0 spiro atoms. The van der Waals surface area contributed by atoms with E-state index < -0.39 is 29.5 Å². The monoisotopic (exact) mass is 360 g/mol. The Balaban J connectivity index is 2.25. The molecule has 0 aliphatic carbocycles. The van der Waals surface area contributed by atoms with Gasteiger partial charge in [-0.2, -0.15) is 4.39 Å². The standard InChI is InChI=1S/C19H14F2O5/c1-4-24-19(23)25-13-7-5-12(6-8-13)14-9-10-15(17(21)16(14)20)26-18(22)11(2)3/h4-10H,1-2H2,3H3. The summed E-state index contributed by atoms with van der Waals surface area (Å²) >= 11 is 0. The molecular formula is C19H14F2O5. The Morgan fingerprint density at radius 2 is 1.65 bits per heavy atom. The van der Waals surface area contributed by atoms with E-state index in [0.717, 1.165) is 12.3 Å². The third-order valence-corrected chi connectivity index (χ3v) is 3.14. The molecule has 2 aromatic carbocycles. The van der Waals surface area contributed by atoms with Crippen molar-refractivity contribution in [3.05, 3.63) is 73.0 Å². The highest BCUT2D eigenvalue weighted by atomic mass is 19.2. The van der Waals surface area contributed by atoms with Crippen LogP contribution in [0.5, 0.6) is 11.5 Å². The van der Waals surface area contributed by atoms with Gasteiger partial charge in [0.15, 0.2) is 11.6 Å². The maximum atomic E-state index is 14.3. The summed E-state index contributed by atoms with van der Waals surface area (Å²) in [4.78, 5) is 22.6. The molecule has 0 amide bonds. The summed E-state index contributed by atoms with van der Waals surface area (Å²) in [7, 11) is 0. The van der Waals surface area contributed by atoms with E-state index in [4.69, 9.17) is 9.47 Å². The number of ether oxygens (including phenoxy) is 3. The van der Waals surface area contributed by atoms with Gasteiger partial charge >= 0.3 is 12.1 Å². The van der Waals surface area contributed by atoms with Gasteiger partial charge in [-0.25, -0.2) is 14.0 Å². The number of esters is 1. The molecule has 5 nitrogen and oxygen atoms in total. The Morgan fingerprint density at radius 3 is 2.23 bits per heavy atom. The molecule has 0 N–H and O–H groups in total. The number of rotatable bonds is 5. The van der Waals surface area contributed by atoms with E-state index in [9.17, 15) is 18.4 Å². The summed E-state index contributed by atoms with van der Waals surface area (Å²) in [6, 6.07) is 8.02. The number of halogens is 2. The zero-order chi connectivity index (χ0) is 19.3. The summed E-state index contributed by atoms with van der Waals surface area (Å²) in [6.07, 6.45) is -0.0643. The molecule has 0 heterocycles. The molecule has 0 saturated carbocycles. The molecule has 0 aromatic heterocycles. The van der Waals surface area contributed by atoms with Gasteiger partial charge in [0.05, 0.1) is 6.26 Å². The number of benzene rings is 2. The second-order valence-corrected chi connectivity index (χ2v) is 5.07. The van der Waals surface area contributed by atoms with Crippen LogP contribution in [0.15, 0.2) is 61.4 Å². The molecule has 0 bridgehead atoms. The van der Waals surface area contributed by atoms with Gasteiger partial charge in [-0.05, 0) is 36.8 Å². The van der Waals surface area contributed by atoms with Crippen LogP contribution in [0.4, 0.5) is 13.6 Å². The lowest BCUT2D eigenvalue weighted by molar-refractivity contribution is -0.130. The van der Waals surface area contributed by atoms with E-state index in [1.807, 2.05) is 0 Å². The lowest BCUT2D eigenvalue weighted by Gasteiger charge is -2.10. The number of hydrogen-bond donors (Lipinski definition) is 0. The summed E-state index contributed by atoms with van der Waals surface area (Å²) in [5.74, 6) is -3.73. The first kappa shape index (κ1) is 18.9. The molecule has 0 atom stereocenters. The highest BCUT2D eigenvalue weighted by molar-refractivity contribution is 5.88. The second-order valence-electron chi connectivity index (χ2n) is 5.07. The molecule has 0 unspecified atom stereocenters. The van der Waals surface area contributed by atoms with Crippen molar-refractivity contribution in [3.8, 4) is 22.6 Å². The van der Waals surface area contributed by atoms with Gasteiger partial charge in [-0.1, -0.05) is 25.3 Å². The van der Waals surface area contributed by atoms with Gasteiger partial charge in [0.2, 0.25) is 5.82 Å². The average Bonchev–Trinajstić information content (AvgIpc) is 2.60. The van der Waals surface area contributed by atoms with Gasteiger partial charge in [0.1, 0.15) is 5.75 Å². The summed E-state index contributed by atoms with van der Waals surface area (Å²) in [5, 5.41) is 0. The molecule has 0 aliphatic rings. The van der Waals surface area contributed by atoms with Crippen LogP contribution < -0.4 is 9.47 Å². The minimum absolute atomic E-state index is 0.0551. The van der Waals surface area contributed by atoms with Crippen LogP contribution in [-0.4, -0.2) is 12.1 Å². The Bertz CT molecular complexity index is 872. The Labute approximate surface area is 148 Å². The largest absolute Gasteiger partial charge is 0.518 e. The van der Waals surface area contributed by atoms with E-state index in [1.54, 1.807) is 0 Å². The third kappa shape index (κ3) is 4.32. The van der Waals surface area contributed by atoms with Crippen LogP contribution in [0.2, 0.25) is 0 Å². The summed E-state index contributed by atoms with van der Waals surface area (Å²) < 4.78 is 42.4. The van der Waals surface area contributed by atoms with E-state index in [0.29, 0.717) is 5.56 Å². The molecular weight excluding hydrogens is 346 g/mol. The fraction of sp³-hybridized carbons (Fsp3) is 0.0526. The Morgan fingerprint density at radius 1 is 1.00 bits per heavy atom. The van der Waals surface area contributed by atoms with E-state index >= 15 is 0 Å². The maximum Gasteiger partial charge on any atom is 0.518 e. The van der Waals surface area contributed by atoms with Crippen LogP contribution >= 0.6 is 0 Å². The van der Waals surface area contributed by atoms with E-state index in [-0.39, 0.29) is 16.9 Å². The van der Waals surface area contributed by atoms with Crippen molar-refractivity contribution in [2.75, 3.05) is 0 Å². The summed E-state index contributed by atoms with van der Waals surface area (Å²) in [6.45, 7) is 7.97. The molecule has 0 saturated heterocycles. The zero-order valence-corrected chi connectivity index (χ0v) is 13.8. The maximum absolute atomic E-state index is 14.3. The minimum atomic E-state index is -1.30. The SMILES string of the molecule is C=COC(=O)Oc1ccc(-c2ccc(OC(=O)C(=C)C)c(F)c2F)cc1. The molecule has 134 valence electrons. The van der Waals surface area contributed by atoms with Crippen molar-refractivity contribution in [1.82, 2.24) is 0 Å². The van der Waals surface area contributed by atoms with Crippen molar-refractivity contribution < 1.29 is 32.6 Å². The Kier molecular flexibility index (Phi) is 5.85. The first-order chi connectivity index (χ1) is 12.3. The topological polar surface area (TPSA) is 61.8 Å². The van der Waals surface area contributed by atoms with Crippen LogP contribution in [0.3, 0.4) is 0 Å².